The van der Waals surface area contributed by atoms with Crippen LogP contribution in [0.3, 0.4) is 0 Å². The summed E-state index contributed by atoms with van der Waals surface area (Å²) in [6.45, 7) is 3.56. The van der Waals surface area contributed by atoms with Gasteiger partial charge in [-0.2, -0.15) is 0 Å². The summed E-state index contributed by atoms with van der Waals surface area (Å²) in [6.07, 6.45) is 3.96. The van der Waals surface area contributed by atoms with Gasteiger partial charge in [-0.05, 0) is 43.2 Å². The van der Waals surface area contributed by atoms with Crippen molar-refractivity contribution in [1.29, 1.82) is 0 Å². The van der Waals surface area contributed by atoms with E-state index in [1.807, 2.05) is 6.92 Å². The van der Waals surface area contributed by atoms with Gasteiger partial charge in [-0.15, -0.1) is 0 Å². The van der Waals surface area contributed by atoms with Crippen molar-refractivity contribution in [3.8, 4) is 11.4 Å². The number of aromatic amines is 1. The van der Waals surface area contributed by atoms with Crippen molar-refractivity contribution in [2.45, 2.75) is 32.7 Å². The molecular weight excluding hydrogens is 425 g/mol. The van der Waals surface area contributed by atoms with Gasteiger partial charge in [0.25, 0.3) is 11.5 Å². The van der Waals surface area contributed by atoms with Gasteiger partial charge in [0.05, 0.1) is 17.4 Å². The summed E-state index contributed by atoms with van der Waals surface area (Å²) in [7, 11) is 0. The van der Waals surface area contributed by atoms with Crippen molar-refractivity contribution in [3.63, 3.8) is 0 Å². The Bertz CT molecular complexity index is 1320. The van der Waals surface area contributed by atoms with Crippen LogP contribution in [0, 0.1) is 12.7 Å². The summed E-state index contributed by atoms with van der Waals surface area (Å²) in [5, 5.41) is 6.91. The molecule has 168 valence electrons. The van der Waals surface area contributed by atoms with Gasteiger partial charge in [-0.3, -0.25) is 14.6 Å². The second-order valence-corrected chi connectivity index (χ2v) is 7.52. The summed E-state index contributed by atoms with van der Waals surface area (Å²) in [5.41, 5.74) is 2.46. The molecule has 0 unspecified atom stereocenters. The summed E-state index contributed by atoms with van der Waals surface area (Å²) < 4.78 is 18.7. The van der Waals surface area contributed by atoms with E-state index in [-0.39, 0.29) is 23.7 Å². The number of aryl methyl sites for hydroxylation is 2. The van der Waals surface area contributed by atoms with Crippen LogP contribution in [0.15, 0.2) is 64.2 Å². The molecule has 3 heterocycles. The number of rotatable bonds is 7. The van der Waals surface area contributed by atoms with Gasteiger partial charge in [0.15, 0.2) is 0 Å². The van der Waals surface area contributed by atoms with Crippen LogP contribution in [-0.4, -0.2) is 26.0 Å². The lowest BCUT2D eigenvalue weighted by Gasteiger charge is -2.19. The summed E-state index contributed by atoms with van der Waals surface area (Å²) in [6, 6.07) is 10.1. The maximum atomic E-state index is 13.5. The number of H-pyrrole nitrogens is 1. The number of halogens is 1. The van der Waals surface area contributed by atoms with E-state index < -0.39 is 6.04 Å². The number of benzene rings is 1. The van der Waals surface area contributed by atoms with Crippen LogP contribution >= 0.6 is 0 Å². The fraction of sp³-hybridized carbons (Fsp3) is 0.208. The van der Waals surface area contributed by atoms with Crippen molar-refractivity contribution >= 4 is 5.91 Å². The fourth-order valence-electron chi connectivity index (χ4n) is 3.60. The van der Waals surface area contributed by atoms with Crippen molar-refractivity contribution in [2.75, 3.05) is 0 Å². The number of amides is 1. The third-order valence-electron chi connectivity index (χ3n) is 5.23. The minimum absolute atomic E-state index is 0.213. The minimum atomic E-state index is -0.573. The molecule has 0 aliphatic rings. The van der Waals surface area contributed by atoms with Gasteiger partial charge < -0.3 is 14.8 Å². The van der Waals surface area contributed by atoms with Crippen molar-refractivity contribution in [3.05, 3.63) is 99.3 Å². The van der Waals surface area contributed by atoms with Crippen LogP contribution in [0.2, 0.25) is 0 Å². The zero-order chi connectivity index (χ0) is 23.4. The van der Waals surface area contributed by atoms with E-state index in [0.29, 0.717) is 46.1 Å². The van der Waals surface area contributed by atoms with Crippen LogP contribution in [0.5, 0.6) is 0 Å². The first-order chi connectivity index (χ1) is 15.9. The molecule has 1 aromatic carbocycles. The summed E-state index contributed by atoms with van der Waals surface area (Å²) in [4.78, 5) is 36.7. The number of carbonyl (C=O) groups is 1. The lowest BCUT2D eigenvalue weighted by molar-refractivity contribution is 0.0934. The molecule has 9 heteroatoms. The highest BCUT2D eigenvalue weighted by molar-refractivity contribution is 5.96. The van der Waals surface area contributed by atoms with Crippen LogP contribution in [-0.2, 0) is 12.8 Å². The topological polar surface area (TPSA) is 114 Å². The summed E-state index contributed by atoms with van der Waals surface area (Å²) in [5.74, 6) is 0.0593. The normalized spacial score (nSPS) is 11.8. The summed E-state index contributed by atoms with van der Waals surface area (Å²) >= 11 is 0. The molecule has 4 rings (SSSR count). The molecule has 0 aliphatic heterocycles. The largest absolute Gasteiger partial charge is 0.361 e. The third kappa shape index (κ3) is 5.03. The van der Waals surface area contributed by atoms with E-state index in [0.717, 1.165) is 0 Å². The van der Waals surface area contributed by atoms with E-state index in [4.69, 9.17) is 4.52 Å². The molecule has 0 spiro atoms. The van der Waals surface area contributed by atoms with E-state index in [2.05, 4.69) is 25.4 Å². The Hall–Kier alpha value is -4.14. The minimum Gasteiger partial charge on any atom is -0.361 e. The Morgan fingerprint density at radius 3 is 2.61 bits per heavy atom. The van der Waals surface area contributed by atoms with E-state index in [9.17, 15) is 14.0 Å². The monoisotopic (exact) mass is 447 g/mol. The Kier molecular flexibility index (Phi) is 6.39. The highest BCUT2D eigenvalue weighted by Gasteiger charge is 2.23. The smallest absolute Gasteiger partial charge is 0.257 e. The van der Waals surface area contributed by atoms with Crippen LogP contribution in [0.1, 0.15) is 46.0 Å². The van der Waals surface area contributed by atoms with Crippen molar-refractivity contribution < 1.29 is 13.7 Å². The van der Waals surface area contributed by atoms with Gasteiger partial charge in [0, 0.05) is 30.4 Å². The van der Waals surface area contributed by atoms with E-state index in [1.165, 1.54) is 18.2 Å². The maximum absolute atomic E-state index is 13.5. The van der Waals surface area contributed by atoms with Crippen LogP contribution in [0.25, 0.3) is 11.4 Å². The van der Waals surface area contributed by atoms with Gasteiger partial charge in [-0.25, -0.2) is 9.37 Å². The molecule has 4 aromatic rings. The first kappa shape index (κ1) is 22.1. The molecule has 2 N–H and O–H groups in total. The highest BCUT2D eigenvalue weighted by atomic mass is 19.1. The van der Waals surface area contributed by atoms with E-state index >= 15 is 0 Å². The molecular formula is C24H22FN5O3. The molecule has 0 radical (unpaired) electrons. The van der Waals surface area contributed by atoms with Gasteiger partial charge >= 0.3 is 0 Å². The zero-order valence-corrected chi connectivity index (χ0v) is 18.1. The Morgan fingerprint density at radius 1 is 1.18 bits per heavy atom. The van der Waals surface area contributed by atoms with Crippen molar-refractivity contribution in [2.24, 2.45) is 0 Å². The average Bonchev–Trinajstić information content (AvgIpc) is 3.20. The molecule has 0 saturated carbocycles. The quantitative estimate of drug-likeness (QED) is 0.448. The molecule has 0 saturated heterocycles. The lowest BCUT2D eigenvalue weighted by atomic mass is 10.0. The van der Waals surface area contributed by atoms with Gasteiger partial charge in [0.1, 0.15) is 23.0 Å². The molecule has 1 amide bonds. The van der Waals surface area contributed by atoms with Crippen LogP contribution < -0.4 is 10.9 Å². The molecule has 0 fully saturated rings. The molecule has 3 aromatic heterocycles. The lowest BCUT2D eigenvalue weighted by Crippen LogP contribution is -2.31. The second kappa shape index (κ2) is 9.56. The Morgan fingerprint density at radius 2 is 1.91 bits per heavy atom. The molecule has 0 bridgehead atoms. The predicted octanol–water partition coefficient (Wildman–Crippen LogP) is 3.54. The number of hydrogen-bond acceptors (Lipinski definition) is 6. The van der Waals surface area contributed by atoms with Crippen molar-refractivity contribution in [1.82, 2.24) is 25.4 Å². The van der Waals surface area contributed by atoms with Gasteiger partial charge in [0.2, 0.25) is 0 Å². The molecule has 8 nitrogen and oxygen atoms in total. The number of nitrogens with zero attached hydrogens (tertiary/aromatic N) is 3. The number of pyridine rings is 1. The third-order valence-corrected chi connectivity index (χ3v) is 5.23. The fourth-order valence-corrected chi connectivity index (χ4v) is 3.60. The zero-order valence-electron chi connectivity index (χ0n) is 18.1. The molecule has 0 aliphatic carbocycles. The SMILES string of the molecule is CCc1noc(C)c1C(=O)N[C@@H](Cc1cc(=O)[nH]c(-c2ccncc2)n1)c1ccc(F)cc1. The maximum Gasteiger partial charge on any atom is 0.257 e. The second-order valence-electron chi connectivity index (χ2n) is 7.52. The average molecular weight is 447 g/mol. The Balaban J connectivity index is 1.68. The first-order valence-corrected chi connectivity index (χ1v) is 10.5. The number of nitrogens with one attached hydrogen (secondary N) is 2. The number of hydrogen-bond donors (Lipinski definition) is 2. The predicted molar refractivity (Wildman–Crippen MR) is 119 cm³/mol. The number of carbonyl (C=O) groups excluding carboxylic acids is 1. The standard InChI is InChI=1S/C24H22FN5O3/c1-3-19-22(14(2)33-30-19)24(32)28-20(15-4-6-17(25)7-5-15)12-18-13-21(31)29-23(27-18)16-8-10-26-11-9-16/h4-11,13,20H,3,12H2,1-2H3,(H,28,32)(H,27,29,31)/t20-/m0/s1. The van der Waals surface area contributed by atoms with E-state index in [1.54, 1.807) is 43.6 Å². The number of aromatic nitrogens is 4. The Labute approximate surface area is 188 Å². The molecule has 33 heavy (non-hydrogen) atoms. The van der Waals surface area contributed by atoms with Gasteiger partial charge in [-0.1, -0.05) is 24.2 Å². The van der Waals surface area contributed by atoms with Crippen LogP contribution in [0.4, 0.5) is 4.39 Å². The first-order valence-electron chi connectivity index (χ1n) is 10.5. The highest BCUT2D eigenvalue weighted by Crippen LogP contribution is 2.22. The molecule has 1 atom stereocenters.